The van der Waals surface area contributed by atoms with Gasteiger partial charge in [-0.1, -0.05) is 0 Å². The van der Waals surface area contributed by atoms with Gasteiger partial charge in [-0.25, -0.2) is 0 Å². The number of hydrogen-bond acceptors (Lipinski definition) is 4. The highest BCUT2D eigenvalue weighted by Crippen LogP contribution is 2.23. The predicted molar refractivity (Wildman–Crippen MR) is 57.7 cm³/mol. The molecule has 0 bridgehead atoms. The van der Waals surface area contributed by atoms with Crippen molar-refractivity contribution in [2.75, 3.05) is 6.54 Å². The van der Waals surface area contributed by atoms with Crippen LogP contribution >= 0.6 is 0 Å². The molecule has 86 valence electrons. The molecule has 1 aromatic rings. The van der Waals surface area contributed by atoms with E-state index in [1.165, 1.54) is 0 Å². The summed E-state index contributed by atoms with van der Waals surface area (Å²) in [6.45, 7) is 2.81. The lowest BCUT2D eigenvalue weighted by Gasteiger charge is -2.35. The van der Waals surface area contributed by atoms with E-state index < -0.39 is 0 Å². The molecule has 0 radical (unpaired) electrons. The van der Waals surface area contributed by atoms with Crippen LogP contribution in [0.25, 0.3) is 0 Å². The maximum atomic E-state index is 11.5. The number of ketones is 1. The van der Waals surface area contributed by atoms with Crippen molar-refractivity contribution < 1.29 is 4.79 Å². The summed E-state index contributed by atoms with van der Waals surface area (Å²) in [7, 11) is 0. The Labute approximate surface area is 94.5 Å². The van der Waals surface area contributed by atoms with Gasteiger partial charge in [-0.05, 0) is 12.8 Å². The van der Waals surface area contributed by atoms with Crippen LogP contribution in [0.2, 0.25) is 0 Å². The molecule has 1 saturated carbocycles. The molecule has 1 aliphatic heterocycles. The zero-order valence-corrected chi connectivity index (χ0v) is 9.30. The summed E-state index contributed by atoms with van der Waals surface area (Å²) in [5, 5.41) is 8.02. The highest BCUT2D eigenvalue weighted by atomic mass is 16.1. The van der Waals surface area contributed by atoms with Crippen LogP contribution in [0.3, 0.4) is 0 Å². The molecule has 0 saturated heterocycles. The zero-order chi connectivity index (χ0) is 11.0. The monoisotopic (exact) mass is 220 g/mol. The number of rotatable bonds is 1. The summed E-state index contributed by atoms with van der Waals surface area (Å²) in [5.74, 6) is 1.45. The molecule has 1 unspecified atom stereocenters. The van der Waals surface area contributed by atoms with Crippen molar-refractivity contribution in [1.29, 1.82) is 0 Å². The second-order valence-electron chi connectivity index (χ2n) is 4.70. The SMILES string of the molecule is O=C1CCCC(N2CCn3cnnc3C2)C1. The molecule has 1 aliphatic carbocycles. The van der Waals surface area contributed by atoms with Crippen molar-refractivity contribution in [2.24, 2.45) is 0 Å². The van der Waals surface area contributed by atoms with E-state index >= 15 is 0 Å². The Morgan fingerprint density at radius 2 is 2.31 bits per heavy atom. The average molecular weight is 220 g/mol. The Morgan fingerprint density at radius 1 is 1.38 bits per heavy atom. The third-order valence-corrected chi connectivity index (χ3v) is 3.64. The van der Waals surface area contributed by atoms with E-state index in [9.17, 15) is 4.79 Å². The molecule has 16 heavy (non-hydrogen) atoms. The average Bonchev–Trinajstić information content (AvgIpc) is 2.75. The van der Waals surface area contributed by atoms with Gasteiger partial charge in [0.05, 0.1) is 6.54 Å². The molecular weight excluding hydrogens is 204 g/mol. The summed E-state index contributed by atoms with van der Waals surface area (Å²) < 4.78 is 2.10. The second-order valence-corrected chi connectivity index (χ2v) is 4.70. The highest BCUT2D eigenvalue weighted by molar-refractivity contribution is 5.79. The van der Waals surface area contributed by atoms with E-state index in [0.717, 1.165) is 51.1 Å². The van der Waals surface area contributed by atoms with Crippen LogP contribution in [0.4, 0.5) is 0 Å². The smallest absolute Gasteiger partial charge is 0.147 e. The maximum absolute atomic E-state index is 11.5. The summed E-state index contributed by atoms with van der Waals surface area (Å²) >= 11 is 0. The van der Waals surface area contributed by atoms with Crippen LogP contribution in [-0.4, -0.2) is 38.0 Å². The molecule has 0 spiro atoms. The first-order chi connectivity index (χ1) is 7.83. The van der Waals surface area contributed by atoms with Gasteiger partial charge in [0.2, 0.25) is 0 Å². The number of carbonyl (C=O) groups excluding carboxylic acids is 1. The minimum absolute atomic E-state index is 0.420. The van der Waals surface area contributed by atoms with Crippen LogP contribution < -0.4 is 0 Å². The normalized spacial score (nSPS) is 26.8. The van der Waals surface area contributed by atoms with E-state index in [2.05, 4.69) is 19.7 Å². The van der Waals surface area contributed by atoms with E-state index in [0.29, 0.717) is 11.8 Å². The first kappa shape index (κ1) is 9.96. The van der Waals surface area contributed by atoms with E-state index in [4.69, 9.17) is 0 Å². The van der Waals surface area contributed by atoms with Crippen molar-refractivity contribution in [3.63, 3.8) is 0 Å². The fourth-order valence-corrected chi connectivity index (χ4v) is 2.71. The number of fused-ring (bicyclic) bond motifs is 1. The van der Waals surface area contributed by atoms with Crippen molar-refractivity contribution in [3.05, 3.63) is 12.2 Å². The van der Waals surface area contributed by atoms with Gasteiger partial charge in [0.15, 0.2) is 0 Å². The first-order valence-corrected chi connectivity index (χ1v) is 5.95. The molecule has 1 fully saturated rings. The van der Waals surface area contributed by atoms with Crippen LogP contribution in [-0.2, 0) is 17.9 Å². The van der Waals surface area contributed by atoms with E-state index in [1.54, 1.807) is 6.33 Å². The maximum Gasteiger partial charge on any atom is 0.147 e. The Bertz CT molecular complexity index is 400. The highest BCUT2D eigenvalue weighted by Gasteiger charge is 2.28. The van der Waals surface area contributed by atoms with Gasteiger partial charge in [0, 0.05) is 32.0 Å². The van der Waals surface area contributed by atoms with Gasteiger partial charge in [-0.15, -0.1) is 10.2 Å². The quantitative estimate of drug-likeness (QED) is 0.695. The number of carbonyl (C=O) groups is 1. The van der Waals surface area contributed by atoms with Crippen LogP contribution in [0.1, 0.15) is 31.5 Å². The van der Waals surface area contributed by atoms with Crippen molar-refractivity contribution in [2.45, 2.75) is 44.8 Å². The summed E-state index contributed by atoms with van der Waals surface area (Å²) in [6.07, 6.45) is 5.50. The Balaban J connectivity index is 1.71. The van der Waals surface area contributed by atoms with Gasteiger partial charge in [0.1, 0.15) is 17.9 Å². The molecule has 0 aromatic carbocycles. The lowest BCUT2D eigenvalue weighted by Crippen LogP contribution is -2.43. The second kappa shape index (κ2) is 3.97. The van der Waals surface area contributed by atoms with Crippen LogP contribution in [0, 0.1) is 0 Å². The number of nitrogens with zero attached hydrogens (tertiary/aromatic N) is 4. The fourth-order valence-electron chi connectivity index (χ4n) is 2.71. The summed E-state index contributed by atoms with van der Waals surface area (Å²) in [4.78, 5) is 13.8. The number of Topliss-reactive ketones (excluding diaryl/α,β-unsaturated/α-hetero) is 1. The minimum atomic E-state index is 0.420. The van der Waals surface area contributed by atoms with Crippen molar-refractivity contribution in [1.82, 2.24) is 19.7 Å². The van der Waals surface area contributed by atoms with E-state index in [1.807, 2.05) is 0 Å². The molecule has 1 aromatic heterocycles. The lowest BCUT2D eigenvalue weighted by molar-refractivity contribution is -0.122. The standard InChI is InChI=1S/C11H16N4O/c16-10-3-1-2-9(6-10)14-4-5-15-8-12-13-11(15)7-14/h8-9H,1-7H2. The fraction of sp³-hybridized carbons (Fsp3) is 0.727. The van der Waals surface area contributed by atoms with Gasteiger partial charge in [0.25, 0.3) is 0 Å². The number of hydrogen-bond donors (Lipinski definition) is 0. The third kappa shape index (κ3) is 1.75. The topological polar surface area (TPSA) is 51.0 Å². The third-order valence-electron chi connectivity index (χ3n) is 3.64. The Morgan fingerprint density at radius 3 is 3.19 bits per heavy atom. The molecule has 2 heterocycles. The van der Waals surface area contributed by atoms with Crippen LogP contribution in [0.5, 0.6) is 0 Å². The summed E-state index contributed by atoms with van der Waals surface area (Å²) in [5.41, 5.74) is 0. The van der Waals surface area contributed by atoms with Gasteiger partial charge in [-0.2, -0.15) is 0 Å². The molecule has 3 rings (SSSR count). The minimum Gasteiger partial charge on any atom is -0.315 e. The van der Waals surface area contributed by atoms with Crippen molar-refractivity contribution >= 4 is 5.78 Å². The summed E-state index contributed by atoms with van der Waals surface area (Å²) in [6, 6.07) is 0.437. The van der Waals surface area contributed by atoms with Gasteiger partial charge >= 0.3 is 0 Å². The molecular formula is C11H16N4O. The van der Waals surface area contributed by atoms with Gasteiger partial charge < -0.3 is 4.57 Å². The van der Waals surface area contributed by atoms with Gasteiger partial charge in [-0.3, -0.25) is 9.69 Å². The Hall–Kier alpha value is -1.23. The molecule has 0 N–H and O–H groups in total. The molecule has 5 nitrogen and oxygen atoms in total. The predicted octanol–water partition coefficient (Wildman–Crippen LogP) is 0.605. The molecule has 5 heteroatoms. The molecule has 0 amide bonds. The van der Waals surface area contributed by atoms with E-state index in [-0.39, 0.29) is 0 Å². The first-order valence-electron chi connectivity index (χ1n) is 5.95. The molecule has 2 aliphatic rings. The van der Waals surface area contributed by atoms with Crippen molar-refractivity contribution in [3.8, 4) is 0 Å². The largest absolute Gasteiger partial charge is 0.315 e. The Kier molecular flexibility index (Phi) is 2.47. The molecule has 1 atom stereocenters. The zero-order valence-electron chi connectivity index (χ0n) is 9.30. The number of aromatic nitrogens is 3. The van der Waals surface area contributed by atoms with Crippen LogP contribution in [0.15, 0.2) is 6.33 Å². The lowest BCUT2D eigenvalue weighted by atomic mass is 9.93.